The molecule has 6 aromatic carbocycles. The summed E-state index contributed by atoms with van der Waals surface area (Å²) in [6.45, 7) is 4.17. The van der Waals surface area contributed by atoms with Crippen molar-refractivity contribution in [2.24, 2.45) is 0 Å². The maximum Gasteiger partial charge on any atom is 0.0595 e. The second-order valence-corrected chi connectivity index (χ2v) is 14.0. The predicted octanol–water partition coefficient (Wildman–Crippen LogP) is 13.5. The Morgan fingerprint density at radius 1 is 0.491 bits per heavy atom. The van der Waals surface area contributed by atoms with Gasteiger partial charge in [-0.25, -0.2) is 0 Å². The van der Waals surface area contributed by atoms with E-state index in [-0.39, 0.29) is 20.1 Å². The first kappa shape index (κ1) is 39.2. The topological polar surface area (TPSA) is 25.8 Å². The zero-order valence-electron chi connectivity index (χ0n) is 31.6. The second kappa shape index (κ2) is 19.7. The molecule has 0 aliphatic rings. The van der Waals surface area contributed by atoms with Gasteiger partial charge in [0.1, 0.15) is 0 Å². The molecule has 0 saturated heterocycles. The van der Waals surface area contributed by atoms with E-state index < -0.39 is 0 Å². The van der Waals surface area contributed by atoms with E-state index in [1.54, 1.807) is 0 Å². The van der Waals surface area contributed by atoms with E-state index in [0.717, 1.165) is 40.0 Å². The fourth-order valence-electron chi connectivity index (χ4n) is 6.99. The van der Waals surface area contributed by atoms with E-state index in [0.29, 0.717) is 0 Å². The van der Waals surface area contributed by atoms with Crippen molar-refractivity contribution in [3.05, 3.63) is 204 Å². The van der Waals surface area contributed by atoms with E-state index in [4.69, 9.17) is 4.98 Å². The number of fused-ring (bicyclic) bond motifs is 1. The van der Waals surface area contributed by atoms with Crippen LogP contribution in [0.3, 0.4) is 0 Å². The molecule has 0 bridgehead atoms. The van der Waals surface area contributed by atoms with E-state index in [2.05, 4.69) is 164 Å². The number of benzene rings is 6. The minimum Gasteiger partial charge on any atom is -0.305 e. The van der Waals surface area contributed by atoms with Gasteiger partial charge in [-0.05, 0) is 82.4 Å². The van der Waals surface area contributed by atoms with Crippen LogP contribution in [-0.4, -0.2) is 9.97 Å². The predicted molar refractivity (Wildman–Crippen MR) is 227 cm³/mol. The minimum absolute atomic E-state index is 0. The Kier molecular flexibility index (Phi) is 14.1. The van der Waals surface area contributed by atoms with E-state index >= 15 is 0 Å². The molecule has 275 valence electrons. The van der Waals surface area contributed by atoms with Crippen LogP contribution < -0.4 is 0 Å². The third-order valence-electron chi connectivity index (χ3n) is 9.75. The molecule has 1 radical (unpaired) electrons. The Morgan fingerprint density at radius 3 is 1.96 bits per heavy atom. The standard InChI is InChI=1S/C35H32N.C17H14N.Ir/c1(5-13-28-14-7-3-8-15-28)2-6-16-29-17-11-20-31(25-29)32-21-12-22-34(26-32)35-27-33(23-24-36-35)30-18-9-4-10-19-30;1-12-9-13(2)11-15(10-12)17-8-7-14-5-3-4-6-16(14)18-17;/h3-4,7-12,14-15,17-21,23-27H,1-2,5-6,13,16H2;3-10H,1-2H3;/q2*-1;. The molecule has 8 aromatic rings. The number of unbranched alkanes of at least 4 members (excludes halogenated alkanes) is 3. The summed E-state index contributed by atoms with van der Waals surface area (Å²) >= 11 is 0. The van der Waals surface area contributed by atoms with Gasteiger partial charge >= 0.3 is 0 Å². The largest absolute Gasteiger partial charge is 0.305 e. The fraction of sp³-hybridized carbons (Fsp3) is 0.154. The van der Waals surface area contributed by atoms with Gasteiger partial charge in [-0.1, -0.05) is 148 Å². The molecule has 0 fully saturated rings. The van der Waals surface area contributed by atoms with Crippen LogP contribution in [0.4, 0.5) is 0 Å². The summed E-state index contributed by atoms with van der Waals surface area (Å²) in [7, 11) is 0. The molecule has 8 rings (SSSR count). The van der Waals surface area contributed by atoms with Gasteiger partial charge in [0.15, 0.2) is 0 Å². The summed E-state index contributed by atoms with van der Waals surface area (Å²) in [5.41, 5.74) is 15.2. The van der Waals surface area contributed by atoms with Crippen LogP contribution in [0.25, 0.3) is 55.7 Å². The number of rotatable bonds is 11. The molecule has 0 unspecified atom stereocenters. The maximum atomic E-state index is 4.70. The third kappa shape index (κ3) is 11.0. The molecule has 2 nitrogen and oxygen atoms in total. The van der Waals surface area contributed by atoms with Crippen molar-refractivity contribution in [1.82, 2.24) is 9.97 Å². The Morgan fingerprint density at radius 2 is 1.16 bits per heavy atom. The van der Waals surface area contributed by atoms with Gasteiger partial charge < -0.3 is 4.98 Å². The molecular formula is C52H46IrN2-2. The molecule has 0 aliphatic heterocycles. The van der Waals surface area contributed by atoms with E-state index in [1.807, 2.05) is 36.5 Å². The summed E-state index contributed by atoms with van der Waals surface area (Å²) in [5, 5.41) is 1.17. The van der Waals surface area contributed by atoms with Gasteiger partial charge in [0.25, 0.3) is 0 Å². The Balaban J connectivity index is 0.000000227. The zero-order chi connectivity index (χ0) is 37.0. The maximum absolute atomic E-state index is 4.70. The van der Waals surface area contributed by atoms with Crippen LogP contribution in [0, 0.1) is 26.0 Å². The summed E-state index contributed by atoms with van der Waals surface area (Å²) in [6, 6.07) is 64.2. The van der Waals surface area contributed by atoms with Crippen LogP contribution in [-0.2, 0) is 32.9 Å². The molecule has 2 aromatic heterocycles. The molecule has 0 saturated carbocycles. The summed E-state index contributed by atoms with van der Waals surface area (Å²) in [6.07, 6.45) is 9.29. The number of nitrogens with zero attached hydrogens (tertiary/aromatic N) is 2. The van der Waals surface area contributed by atoms with Crippen molar-refractivity contribution in [1.29, 1.82) is 0 Å². The molecule has 0 N–H and O–H groups in total. The number of aryl methyl sites for hydroxylation is 4. The molecule has 0 aliphatic carbocycles. The minimum atomic E-state index is 0. The van der Waals surface area contributed by atoms with Gasteiger partial charge in [-0.15, -0.1) is 70.3 Å². The molecule has 3 heteroatoms. The molecular weight excluding hydrogens is 845 g/mol. The van der Waals surface area contributed by atoms with Gasteiger partial charge in [0, 0.05) is 26.3 Å². The summed E-state index contributed by atoms with van der Waals surface area (Å²) in [5.74, 6) is 0. The van der Waals surface area contributed by atoms with Gasteiger partial charge in [-0.3, -0.25) is 4.98 Å². The van der Waals surface area contributed by atoms with Gasteiger partial charge in [0.2, 0.25) is 0 Å². The van der Waals surface area contributed by atoms with Crippen LogP contribution in [0.15, 0.2) is 170 Å². The van der Waals surface area contributed by atoms with Crippen molar-refractivity contribution in [2.45, 2.75) is 52.4 Å². The monoisotopic (exact) mass is 891 g/mol. The summed E-state index contributed by atoms with van der Waals surface area (Å²) in [4.78, 5) is 9.34. The second-order valence-electron chi connectivity index (χ2n) is 14.0. The number of hydrogen-bond acceptors (Lipinski definition) is 2. The first-order valence-electron chi connectivity index (χ1n) is 19.1. The SMILES string of the molecule is Cc1[c-]c(-c2ccc3ccccc3n2)cc(C)c1.[Ir].[c-]1ccc(-c2cccc(CCCCCCc3ccccc3)c2)cc1-c1cc(-c2ccccc2)ccn1. The van der Waals surface area contributed by atoms with Crippen molar-refractivity contribution in [3.63, 3.8) is 0 Å². The Labute approximate surface area is 340 Å². The van der Waals surface area contributed by atoms with E-state index in [1.165, 1.54) is 76.4 Å². The molecule has 55 heavy (non-hydrogen) atoms. The Hall–Kier alpha value is -5.47. The van der Waals surface area contributed by atoms with E-state index in [9.17, 15) is 0 Å². The normalized spacial score (nSPS) is 10.7. The zero-order valence-corrected chi connectivity index (χ0v) is 34.0. The first-order chi connectivity index (χ1) is 26.6. The number of hydrogen-bond donors (Lipinski definition) is 0. The average Bonchev–Trinajstić information content (AvgIpc) is 3.23. The van der Waals surface area contributed by atoms with Crippen molar-refractivity contribution in [2.75, 3.05) is 0 Å². The summed E-state index contributed by atoms with van der Waals surface area (Å²) < 4.78 is 0. The Bertz CT molecular complexity index is 2400. The van der Waals surface area contributed by atoms with Crippen molar-refractivity contribution >= 4 is 10.9 Å². The van der Waals surface area contributed by atoms with Crippen LogP contribution >= 0.6 is 0 Å². The fourth-order valence-corrected chi connectivity index (χ4v) is 6.99. The van der Waals surface area contributed by atoms with Gasteiger partial charge in [0.05, 0.1) is 5.52 Å². The van der Waals surface area contributed by atoms with Crippen LogP contribution in [0.5, 0.6) is 0 Å². The average molecular weight is 891 g/mol. The number of aromatic nitrogens is 2. The van der Waals surface area contributed by atoms with Crippen molar-refractivity contribution in [3.8, 4) is 44.8 Å². The van der Waals surface area contributed by atoms with Gasteiger partial charge in [-0.2, -0.15) is 0 Å². The first-order valence-corrected chi connectivity index (χ1v) is 19.1. The van der Waals surface area contributed by atoms with Crippen LogP contribution in [0.1, 0.15) is 47.9 Å². The molecule has 0 atom stereocenters. The smallest absolute Gasteiger partial charge is 0.0595 e. The molecule has 0 spiro atoms. The number of para-hydroxylation sites is 1. The van der Waals surface area contributed by atoms with Crippen molar-refractivity contribution < 1.29 is 20.1 Å². The third-order valence-corrected chi connectivity index (χ3v) is 9.75. The molecule has 0 amide bonds. The quantitative estimate of drug-likeness (QED) is 0.0955. The number of pyridine rings is 2. The van der Waals surface area contributed by atoms with Crippen LogP contribution in [0.2, 0.25) is 0 Å². The molecule has 2 heterocycles.